The Labute approximate surface area is 158 Å². The van der Waals surface area contributed by atoms with Gasteiger partial charge < -0.3 is 9.47 Å². The average molecular weight is 362 g/mol. The van der Waals surface area contributed by atoms with E-state index in [0.717, 1.165) is 24.0 Å². The highest BCUT2D eigenvalue weighted by Crippen LogP contribution is 2.38. The fourth-order valence-corrected chi connectivity index (χ4v) is 3.18. The summed E-state index contributed by atoms with van der Waals surface area (Å²) in [6.07, 6.45) is 3.53. The summed E-state index contributed by atoms with van der Waals surface area (Å²) < 4.78 is 11.2. The number of aryl methyl sites for hydroxylation is 1. The lowest BCUT2D eigenvalue weighted by Gasteiger charge is -2.07. The molecule has 0 atom stereocenters. The first-order chi connectivity index (χ1) is 12.9. The summed E-state index contributed by atoms with van der Waals surface area (Å²) in [6, 6.07) is 11.4. The number of Topliss-reactive ketones (excluding diaryl/α,β-unsaturated/α-hetero) is 1. The van der Waals surface area contributed by atoms with Crippen LogP contribution in [0.2, 0.25) is 0 Å². The zero-order valence-corrected chi connectivity index (χ0v) is 15.7. The number of carbonyl (C=O) groups is 2. The van der Waals surface area contributed by atoms with Crippen molar-refractivity contribution in [3.63, 3.8) is 0 Å². The molecule has 2 aromatic rings. The molecule has 4 rings (SSSR count). The van der Waals surface area contributed by atoms with E-state index in [9.17, 15) is 9.59 Å². The number of rotatable bonds is 4. The first kappa shape index (κ1) is 17.5. The van der Waals surface area contributed by atoms with Crippen LogP contribution in [0.5, 0.6) is 11.5 Å². The summed E-state index contributed by atoms with van der Waals surface area (Å²) in [6.45, 7) is 6.11. The lowest BCUT2D eigenvalue weighted by atomic mass is 10.0. The summed E-state index contributed by atoms with van der Waals surface area (Å²) in [7, 11) is 0. The Bertz CT molecular complexity index is 947. The number of allylic oxidation sites excluding steroid dienone is 1. The van der Waals surface area contributed by atoms with Crippen LogP contribution < -0.4 is 9.47 Å². The molecule has 0 unspecified atom stereocenters. The van der Waals surface area contributed by atoms with Gasteiger partial charge in [0.2, 0.25) is 5.78 Å². The molecule has 2 aliphatic rings. The highest BCUT2D eigenvalue weighted by atomic mass is 16.5. The maximum absolute atomic E-state index is 12.7. The summed E-state index contributed by atoms with van der Waals surface area (Å²) in [5.74, 6) is 1.29. The Morgan fingerprint density at radius 3 is 2.52 bits per heavy atom. The molecule has 27 heavy (non-hydrogen) atoms. The van der Waals surface area contributed by atoms with E-state index >= 15 is 0 Å². The predicted octanol–water partition coefficient (Wildman–Crippen LogP) is 5.05. The molecule has 0 radical (unpaired) electrons. The van der Waals surface area contributed by atoms with Gasteiger partial charge >= 0.3 is 5.97 Å². The van der Waals surface area contributed by atoms with Gasteiger partial charge in [-0.1, -0.05) is 38.1 Å². The number of esters is 1. The van der Waals surface area contributed by atoms with Gasteiger partial charge in [0.05, 0.1) is 11.5 Å². The Morgan fingerprint density at radius 1 is 1.19 bits per heavy atom. The van der Waals surface area contributed by atoms with Crippen LogP contribution in [0.3, 0.4) is 0 Å². The Hall–Kier alpha value is -2.88. The van der Waals surface area contributed by atoms with Crippen molar-refractivity contribution in [1.82, 2.24) is 0 Å². The molecule has 0 bridgehead atoms. The molecule has 1 aliphatic carbocycles. The van der Waals surface area contributed by atoms with Crippen LogP contribution in [0.15, 0.2) is 42.2 Å². The molecule has 1 saturated carbocycles. The smallest absolute Gasteiger partial charge is 0.314 e. The third-order valence-corrected chi connectivity index (χ3v) is 4.97. The first-order valence-corrected chi connectivity index (χ1v) is 9.33. The van der Waals surface area contributed by atoms with E-state index in [2.05, 4.69) is 26.0 Å². The largest absolute Gasteiger partial charge is 0.452 e. The standard InChI is InChI=1S/C23H22O4/c1-13(2)16-6-4-15(5-7-16)11-20-22(24)21-14(3)10-18(12-19(21)27-20)26-23(25)17-8-9-17/h4-7,10-13,17H,8-9H2,1-3H3/b20-11-. The molecule has 0 N–H and O–H groups in total. The van der Waals surface area contributed by atoms with Crippen molar-refractivity contribution >= 4 is 17.8 Å². The van der Waals surface area contributed by atoms with Gasteiger partial charge in [-0.15, -0.1) is 0 Å². The van der Waals surface area contributed by atoms with Gasteiger partial charge in [-0.25, -0.2) is 0 Å². The lowest BCUT2D eigenvalue weighted by molar-refractivity contribution is -0.135. The molecule has 0 amide bonds. The van der Waals surface area contributed by atoms with E-state index < -0.39 is 0 Å². The van der Waals surface area contributed by atoms with Crippen molar-refractivity contribution < 1.29 is 19.1 Å². The van der Waals surface area contributed by atoms with E-state index in [1.54, 1.807) is 18.2 Å². The summed E-state index contributed by atoms with van der Waals surface area (Å²) >= 11 is 0. The molecule has 138 valence electrons. The minimum absolute atomic E-state index is 0.0189. The molecule has 0 saturated heterocycles. The number of benzene rings is 2. The number of ether oxygens (including phenoxy) is 2. The van der Waals surface area contributed by atoms with E-state index in [0.29, 0.717) is 23.0 Å². The second-order valence-corrected chi connectivity index (χ2v) is 7.57. The molecule has 1 fully saturated rings. The van der Waals surface area contributed by atoms with Crippen LogP contribution in [0.25, 0.3) is 6.08 Å². The minimum atomic E-state index is -0.209. The van der Waals surface area contributed by atoms with Crippen LogP contribution in [-0.2, 0) is 4.79 Å². The summed E-state index contributed by atoms with van der Waals surface area (Å²) in [5.41, 5.74) is 3.44. The maximum Gasteiger partial charge on any atom is 0.314 e. The molecule has 0 aromatic heterocycles. The van der Waals surface area contributed by atoms with Crippen molar-refractivity contribution in [3.05, 3.63) is 64.4 Å². The summed E-state index contributed by atoms with van der Waals surface area (Å²) in [5, 5.41) is 0. The van der Waals surface area contributed by atoms with Crippen molar-refractivity contribution in [1.29, 1.82) is 0 Å². The third kappa shape index (κ3) is 3.52. The van der Waals surface area contributed by atoms with E-state index in [-0.39, 0.29) is 23.4 Å². The number of ketones is 1. The molecule has 4 nitrogen and oxygen atoms in total. The van der Waals surface area contributed by atoms with Crippen LogP contribution in [0.4, 0.5) is 0 Å². The lowest BCUT2D eigenvalue weighted by Crippen LogP contribution is -2.10. The molecule has 4 heteroatoms. The Balaban J connectivity index is 1.59. The van der Waals surface area contributed by atoms with Gasteiger partial charge in [-0.3, -0.25) is 9.59 Å². The van der Waals surface area contributed by atoms with Gasteiger partial charge in [0, 0.05) is 6.07 Å². The number of fused-ring (bicyclic) bond motifs is 1. The van der Waals surface area contributed by atoms with Gasteiger partial charge in [0.1, 0.15) is 11.5 Å². The van der Waals surface area contributed by atoms with E-state index in [4.69, 9.17) is 9.47 Å². The number of carbonyl (C=O) groups excluding carboxylic acids is 2. The highest BCUT2D eigenvalue weighted by Gasteiger charge is 2.33. The predicted molar refractivity (Wildman–Crippen MR) is 103 cm³/mol. The van der Waals surface area contributed by atoms with E-state index in [1.165, 1.54) is 5.56 Å². The van der Waals surface area contributed by atoms with Gasteiger partial charge in [-0.05, 0) is 54.5 Å². The molecule has 2 aromatic carbocycles. The van der Waals surface area contributed by atoms with Crippen LogP contribution in [-0.4, -0.2) is 11.8 Å². The van der Waals surface area contributed by atoms with Gasteiger partial charge in [0.25, 0.3) is 0 Å². The highest BCUT2D eigenvalue weighted by molar-refractivity contribution is 6.15. The van der Waals surface area contributed by atoms with Crippen LogP contribution in [0, 0.1) is 12.8 Å². The second kappa shape index (κ2) is 6.69. The molecular formula is C23H22O4. The number of hydrogen-bond donors (Lipinski definition) is 0. The normalized spacial score (nSPS) is 17.2. The molecule has 1 heterocycles. The zero-order valence-electron chi connectivity index (χ0n) is 15.7. The van der Waals surface area contributed by atoms with Crippen molar-refractivity contribution in [2.75, 3.05) is 0 Å². The van der Waals surface area contributed by atoms with E-state index in [1.807, 2.05) is 19.1 Å². The number of hydrogen-bond acceptors (Lipinski definition) is 4. The van der Waals surface area contributed by atoms with Gasteiger partial charge in [0.15, 0.2) is 5.76 Å². The first-order valence-electron chi connectivity index (χ1n) is 9.33. The topological polar surface area (TPSA) is 52.6 Å². The molecular weight excluding hydrogens is 340 g/mol. The fourth-order valence-electron chi connectivity index (χ4n) is 3.18. The van der Waals surface area contributed by atoms with Crippen molar-refractivity contribution in [3.8, 4) is 11.5 Å². The third-order valence-electron chi connectivity index (χ3n) is 4.97. The Kier molecular flexibility index (Phi) is 4.34. The summed E-state index contributed by atoms with van der Waals surface area (Å²) in [4.78, 5) is 24.6. The maximum atomic E-state index is 12.7. The van der Waals surface area contributed by atoms with Crippen molar-refractivity contribution in [2.24, 2.45) is 5.92 Å². The molecule has 0 spiro atoms. The Morgan fingerprint density at radius 2 is 1.89 bits per heavy atom. The SMILES string of the molecule is Cc1cc(OC(=O)C2CC2)cc2c1C(=O)/C(=C/c1ccc(C(C)C)cc1)O2. The average Bonchev–Trinajstić information content (AvgIpc) is 3.42. The fraction of sp³-hybridized carbons (Fsp3) is 0.304. The van der Waals surface area contributed by atoms with Crippen LogP contribution >= 0.6 is 0 Å². The van der Waals surface area contributed by atoms with Crippen LogP contribution in [0.1, 0.15) is 59.7 Å². The minimum Gasteiger partial charge on any atom is -0.452 e. The zero-order chi connectivity index (χ0) is 19.1. The second-order valence-electron chi connectivity index (χ2n) is 7.57. The molecule has 1 aliphatic heterocycles. The van der Waals surface area contributed by atoms with Gasteiger partial charge in [-0.2, -0.15) is 0 Å². The monoisotopic (exact) mass is 362 g/mol. The quantitative estimate of drug-likeness (QED) is 0.434. The van der Waals surface area contributed by atoms with Crippen molar-refractivity contribution in [2.45, 2.75) is 39.5 Å².